The van der Waals surface area contributed by atoms with Crippen molar-refractivity contribution in [2.45, 2.75) is 19.4 Å². The fraction of sp³-hybridized carbons (Fsp3) is 0.455. The normalized spacial score (nSPS) is 12.3. The molecule has 0 aromatic heterocycles. The Morgan fingerprint density at radius 1 is 1.27 bits per heavy atom. The van der Waals surface area contributed by atoms with Gasteiger partial charge < -0.3 is 14.6 Å². The molecule has 0 aliphatic heterocycles. The zero-order chi connectivity index (χ0) is 11.4. The van der Waals surface area contributed by atoms with Gasteiger partial charge in [0.15, 0.2) is 0 Å². The van der Waals surface area contributed by atoms with Crippen molar-refractivity contribution < 1.29 is 14.6 Å². The third kappa shape index (κ3) is 2.55. The van der Waals surface area contributed by atoms with Crippen LogP contribution in [0.3, 0.4) is 0 Å². The van der Waals surface area contributed by atoms with E-state index < -0.39 is 6.10 Å². The number of ether oxygens (including phenoxy) is 2. The molecule has 0 fully saturated rings. The second kappa shape index (κ2) is 5.24. The predicted octanol–water partition coefficient (Wildman–Crippen LogP) is 2.80. The molecule has 15 heavy (non-hydrogen) atoms. The van der Waals surface area contributed by atoms with Crippen LogP contribution in [0, 0.1) is 0 Å². The first-order valence-electron chi connectivity index (χ1n) is 4.73. The van der Waals surface area contributed by atoms with Crippen LogP contribution in [-0.4, -0.2) is 19.3 Å². The van der Waals surface area contributed by atoms with E-state index in [9.17, 15) is 5.11 Å². The van der Waals surface area contributed by atoms with Gasteiger partial charge in [-0.15, -0.1) is 0 Å². The first kappa shape index (κ1) is 12.1. The molecule has 0 spiro atoms. The molecule has 0 amide bonds. The molecule has 0 radical (unpaired) electrons. The SMILES string of the molecule is CCC(O)c1cc(Cl)c(OC)cc1OC. The second-order valence-electron chi connectivity index (χ2n) is 3.15. The zero-order valence-electron chi connectivity index (χ0n) is 9.08. The average Bonchev–Trinajstić information content (AvgIpc) is 2.27. The summed E-state index contributed by atoms with van der Waals surface area (Å²) in [7, 11) is 3.09. The molecule has 1 rings (SSSR count). The molecule has 0 saturated carbocycles. The molecule has 0 aliphatic carbocycles. The Balaban J connectivity index is 3.21. The highest BCUT2D eigenvalue weighted by molar-refractivity contribution is 6.32. The Kier molecular flexibility index (Phi) is 4.24. The van der Waals surface area contributed by atoms with Gasteiger partial charge in [-0.2, -0.15) is 0 Å². The molecule has 1 unspecified atom stereocenters. The number of hydrogen-bond donors (Lipinski definition) is 1. The maximum Gasteiger partial charge on any atom is 0.141 e. The third-order valence-electron chi connectivity index (χ3n) is 2.25. The smallest absolute Gasteiger partial charge is 0.141 e. The Bertz CT molecular complexity index is 339. The van der Waals surface area contributed by atoms with E-state index in [0.29, 0.717) is 28.5 Å². The number of aliphatic hydroxyl groups excluding tert-OH is 1. The molecule has 84 valence electrons. The summed E-state index contributed by atoms with van der Waals surface area (Å²) < 4.78 is 10.2. The molecule has 1 aromatic rings. The maximum atomic E-state index is 9.75. The number of benzene rings is 1. The lowest BCUT2D eigenvalue weighted by Gasteiger charge is -2.15. The zero-order valence-corrected chi connectivity index (χ0v) is 9.84. The van der Waals surface area contributed by atoms with E-state index in [2.05, 4.69) is 0 Å². The number of halogens is 1. The van der Waals surface area contributed by atoms with Gasteiger partial charge in [0, 0.05) is 11.6 Å². The Morgan fingerprint density at radius 2 is 1.87 bits per heavy atom. The first-order valence-corrected chi connectivity index (χ1v) is 5.11. The van der Waals surface area contributed by atoms with Crippen LogP contribution < -0.4 is 9.47 Å². The molecule has 1 aromatic carbocycles. The van der Waals surface area contributed by atoms with E-state index in [1.54, 1.807) is 19.2 Å². The summed E-state index contributed by atoms with van der Waals surface area (Å²) in [5.74, 6) is 1.13. The summed E-state index contributed by atoms with van der Waals surface area (Å²) >= 11 is 5.97. The van der Waals surface area contributed by atoms with Crippen LogP contribution in [0.5, 0.6) is 11.5 Å². The van der Waals surface area contributed by atoms with Crippen LogP contribution in [0.15, 0.2) is 12.1 Å². The highest BCUT2D eigenvalue weighted by atomic mass is 35.5. The summed E-state index contributed by atoms with van der Waals surface area (Å²) in [6, 6.07) is 3.35. The Morgan fingerprint density at radius 3 is 2.33 bits per heavy atom. The van der Waals surface area contributed by atoms with Crippen molar-refractivity contribution >= 4 is 11.6 Å². The first-order chi connectivity index (χ1) is 7.13. The van der Waals surface area contributed by atoms with Crippen LogP contribution in [-0.2, 0) is 0 Å². The number of methoxy groups -OCH3 is 2. The molecule has 3 nitrogen and oxygen atoms in total. The predicted molar refractivity (Wildman–Crippen MR) is 59.8 cm³/mol. The van der Waals surface area contributed by atoms with Gasteiger partial charge in [0.25, 0.3) is 0 Å². The summed E-state index contributed by atoms with van der Waals surface area (Å²) in [5, 5.41) is 10.2. The highest BCUT2D eigenvalue weighted by Crippen LogP contribution is 2.36. The van der Waals surface area contributed by atoms with Crippen LogP contribution in [0.1, 0.15) is 25.0 Å². The third-order valence-corrected chi connectivity index (χ3v) is 2.55. The van der Waals surface area contributed by atoms with Gasteiger partial charge in [-0.3, -0.25) is 0 Å². The lowest BCUT2D eigenvalue weighted by molar-refractivity contribution is 0.169. The van der Waals surface area contributed by atoms with Gasteiger partial charge in [0.1, 0.15) is 11.5 Å². The Hall–Kier alpha value is -0.930. The van der Waals surface area contributed by atoms with E-state index in [1.165, 1.54) is 7.11 Å². The van der Waals surface area contributed by atoms with Crippen molar-refractivity contribution in [2.75, 3.05) is 14.2 Å². The summed E-state index contributed by atoms with van der Waals surface area (Å²) in [6.45, 7) is 1.89. The minimum Gasteiger partial charge on any atom is -0.496 e. The lowest BCUT2D eigenvalue weighted by atomic mass is 10.1. The van der Waals surface area contributed by atoms with E-state index in [-0.39, 0.29) is 0 Å². The van der Waals surface area contributed by atoms with Crippen molar-refractivity contribution in [1.29, 1.82) is 0 Å². The van der Waals surface area contributed by atoms with E-state index in [1.807, 2.05) is 6.92 Å². The number of aliphatic hydroxyl groups is 1. The molecule has 0 saturated heterocycles. The second-order valence-corrected chi connectivity index (χ2v) is 3.56. The summed E-state index contributed by atoms with van der Waals surface area (Å²) in [4.78, 5) is 0. The highest BCUT2D eigenvalue weighted by Gasteiger charge is 2.15. The largest absolute Gasteiger partial charge is 0.496 e. The van der Waals surface area contributed by atoms with Gasteiger partial charge >= 0.3 is 0 Å². The van der Waals surface area contributed by atoms with Gasteiger partial charge in [0.2, 0.25) is 0 Å². The van der Waals surface area contributed by atoms with Gasteiger partial charge in [0.05, 0.1) is 25.3 Å². The van der Waals surface area contributed by atoms with Crippen molar-refractivity contribution in [3.63, 3.8) is 0 Å². The Labute approximate surface area is 94.6 Å². The molecule has 0 heterocycles. The monoisotopic (exact) mass is 230 g/mol. The van der Waals surface area contributed by atoms with Gasteiger partial charge in [-0.1, -0.05) is 18.5 Å². The lowest BCUT2D eigenvalue weighted by Crippen LogP contribution is -2.00. The van der Waals surface area contributed by atoms with E-state index in [4.69, 9.17) is 21.1 Å². The van der Waals surface area contributed by atoms with Crippen LogP contribution >= 0.6 is 11.6 Å². The van der Waals surface area contributed by atoms with Gasteiger partial charge in [-0.05, 0) is 12.5 Å². The fourth-order valence-corrected chi connectivity index (χ4v) is 1.61. The van der Waals surface area contributed by atoms with Crippen LogP contribution in [0.25, 0.3) is 0 Å². The molecular weight excluding hydrogens is 216 g/mol. The standard InChI is InChI=1S/C11H15ClO3/c1-4-9(13)7-5-8(12)11(15-3)6-10(7)14-2/h5-6,9,13H,4H2,1-3H3. The van der Waals surface area contributed by atoms with Crippen LogP contribution in [0.2, 0.25) is 5.02 Å². The van der Waals surface area contributed by atoms with E-state index >= 15 is 0 Å². The molecule has 4 heteroatoms. The molecule has 0 bridgehead atoms. The quantitative estimate of drug-likeness (QED) is 0.865. The number of hydrogen-bond acceptors (Lipinski definition) is 3. The van der Waals surface area contributed by atoms with E-state index in [0.717, 1.165) is 0 Å². The van der Waals surface area contributed by atoms with Crippen molar-refractivity contribution in [1.82, 2.24) is 0 Å². The minimum atomic E-state index is -0.566. The number of rotatable bonds is 4. The molecule has 0 aliphatic rings. The summed E-state index contributed by atoms with van der Waals surface area (Å²) in [6.07, 6.45) is 0.0438. The topological polar surface area (TPSA) is 38.7 Å². The molecule has 1 atom stereocenters. The molecular formula is C11H15ClO3. The summed E-state index contributed by atoms with van der Waals surface area (Å²) in [5.41, 5.74) is 0.686. The van der Waals surface area contributed by atoms with Crippen LogP contribution in [0.4, 0.5) is 0 Å². The van der Waals surface area contributed by atoms with Crippen molar-refractivity contribution in [2.24, 2.45) is 0 Å². The minimum absolute atomic E-state index is 0.473. The van der Waals surface area contributed by atoms with Crippen molar-refractivity contribution in [3.05, 3.63) is 22.7 Å². The van der Waals surface area contributed by atoms with Crippen molar-refractivity contribution in [3.8, 4) is 11.5 Å². The van der Waals surface area contributed by atoms with Gasteiger partial charge in [-0.25, -0.2) is 0 Å². The maximum absolute atomic E-state index is 9.75. The molecule has 1 N–H and O–H groups in total. The fourth-order valence-electron chi connectivity index (χ4n) is 1.36. The average molecular weight is 231 g/mol.